The minimum atomic E-state index is -3.87. The molecule has 0 fully saturated rings. The first-order valence-electron chi connectivity index (χ1n) is 9.90. The number of hydrogen-bond donors (Lipinski definition) is 3. The molecule has 32 heavy (non-hydrogen) atoms. The molecular formula is C23H28N2O6S. The van der Waals surface area contributed by atoms with Gasteiger partial charge in [0.05, 0.1) is 10.4 Å². The summed E-state index contributed by atoms with van der Waals surface area (Å²) in [7, 11) is -3.87. The third-order valence-corrected chi connectivity index (χ3v) is 7.12. The lowest BCUT2D eigenvalue weighted by atomic mass is 9.93. The fourth-order valence-electron chi connectivity index (χ4n) is 3.82. The lowest BCUT2D eigenvalue weighted by molar-refractivity contribution is -0.139. The predicted molar refractivity (Wildman–Crippen MR) is 123 cm³/mol. The second-order valence-corrected chi connectivity index (χ2v) is 9.55. The van der Waals surface area contributed by atoms with E-state index in [0.717, 1.165) is 12.5 Å². The van der Waals surface area contributed by atoms with E-state index in [1.165, 1.54) is 10.2 Å². The van der Waals surface area contributed by atoms with Crippen molar-refractivity contribution in [2.45, 2.75) is 51.5 Å². The molecule has 1 aromatic heterocycles. The number of aryl methyl sites for hydroxylation is 3. The van der Waals surface area contributed by atoms with Gasteiger partial charge in [-0.2, -0.15) is 0 Å². The number of hydrogen-bond acceptors (Lipinski definition) is 5. The minimum absolute atomic E-state index is 0.264. The van der Waals surface area contributed by atoms with Gasteiger partial charge in [-0.15, -0.1) is 0 Å². The predicted octanol–water partition coefficient (Wildman–Crippen LogP) is 3.41. The van der Waals surface area contributed by atoms with E-state index in [2.05, 4.69) is 0 Å². The summed E-state index contributed by atoms with van der Waals surface area (Å²) >= 11 is 0. The zero-order valence-corrected chi connectivity index (χ0v) is 19.5. The van der Waals surface area contributed by atoms with E-state index in [9.17, 15) is 18.3 Å². The quantitative estimate of drug-likeness (QED) is 0.530. The molecule has 0 bridgehead atoms. The molecule has 1 heterocycles. The second-order valence-electron chi connectivity index (χ2n) is 7.80. The number of nitrogens with zero attached hydrogens (tertiary/aromatic N) is 1. The summed E-state index contributed by atoms with van der Waals surface area (Å²) in [4.78, 5) is 20.6. The molecule has 2 unspecified atom stereocenters. The van der Waals surface area contributed by atoms with E-state index in [-0.39, 0.29) is 4.90 Å². The van der Waals surface area contributed by atoms with Crippen molar-refractivity contribution >= 4 is 32.9 Å². The zero-order chi connectivity index (χ0) is 24.4. The first-order valence-corrected chi connectivity index (χ1v) is 11.3. The molecular weight excluding hydrogens is 432 g/mol. The van der Waals surface area contributed by atoms with Crippen molar-refractivity contribution in [2.75, 3.05) is 0 Å². The highest BCUT2D eigenvalue weighted by Crippen LogP contribution is 2.33. The van der Waals surface area contributed by atoms with Gasteiger partial charge in [0.1, 0.15) is 6.04 Å². The van der Waals surface area contributed by atoms with Crippen molar-refractivity contribution in [1.82, 2.24) is 3.97 Å². The molecule has 0 radical (unpaired) electrons. The summed E-state index contributed by atoms with van der Waals surface area (Å²) in [5, 5.41) is 17.4. The van der Waals surface area contributed by atoms with Crippen molar-refractivity contribution in [2.24, 2.45) is 5.73 Å². The Morgan fingerprint density at radius 1 is 1.03 bits per heavy atom. The van der Waals surface area contributed by atoms with Crippen LogP contribution in [0, 0.1) is 20.8 Å². The van der Waals surface area contributed by atoms with Crippen LogP contribution in [-0.4, -0.2) is 40.6 Å². The molecule has 0 amide bonds. The number of para-hydroxylation sites is 1. The third-order valence-electron chi connectivity index (χ3n) is 5.14. The first-order chi connectivity index (χ1) is 14.8. The lowest BCUT2D eigenvalue weighted by Crippen LogP contribution is -2.35. The number of aromatic nitrogens is 1. The van der Waals surface area contributed by atoms with Crippen LogP contribution in [0.25, 0.3) is 10.9 Å². The number of nitrogens with two attached hydrogens (primary N) is 1. The summed E-state index contributed by atoms with van der Waals surface area (Å²) in [5.41, 5.74) is 9.25. The summed E-state index contributed by atoms with van der Waals surface area (Å²) in [6, 6.07) is 9.61. The number of aliphatic carboxylic acids is 2. The highest BCUT2D eigenvalue weighted by Gasteiger charge is 2.29. The van der Waals surface area contributed by atoms with Crippen LogP contribution in [0.1, 0.15) is 42.0 Å². The van der Waals surface area contributed by atoms with Crippen LogP contribution in [0.2, 0.25) is 0 Å². The highest BCUT2D eigenvalue weighted by molar-refractivity contribution is 7.90. The summed E-state index contributed by atoms with van der Waals surface area (Å²) in [6.07, 6.45) is 1.51. The number of carbonyl (C=O) groups is 2. The maximum absolute atomic E-state index is 13.6. The molecule has 2 atom stereocenters. The normalized spacial score (nSPS) is 13.2. The summed E-state index contributed by atoms with van der Waals surface area (Å²) < 4.78 is 28.4. The van der Waals surface area contributed by atoms with Gasteiger partial charge < -0.3 is 15.9 Å². The average molecular weight is 461 g/mol. The van der Waals surface area contributed by atoms with E-state index >= 15 is 0 Å². The Balaban J connectivity index is 0.000000837. The van der Waals surface area contributed by atoms with Crippen LogP contribution in [-0.2, 0) is 19.6 Å². The molecule has 0 aliphatic carbocycles. The van der Waals surface area contributed by atoms with Crippen LogP contribution in [0.15, 0.2) is 47.5 Å². The molecule has 172 valence electrons. The molecule has 0 aliphatic heterocycles. The van der Waals surface area contributed by atoms with Crippen LogP contribution in [0.3, 0.4) is 0 Å². The average Bonchev–Trinajstić information content (AvgIpc) is 3.05. The Morgan fingerprint density at radius 3 is 2.03 bits per heavy atom. The SMILES string of the molecule is CC(=O)O.Cc1cc(C)c(S(=O)(=O)n2cc(C(C)C(N)C(=O)O)c3ccccc32)c(C)c1. The molecule has 0 spiro atoms. The van der Waals surface area contributed by atoms with E-state index in [1.54, 1.807) is 45.0 Å². The third kappa shape index (κ3) is 5.00. The number of carboxylic acid groups (broad SMARTS) is 2. The fourth-order valence-corrected chi connectivity index (χ4v) is 5.62. The lowest BCUT2D eigenvalue weighted by Gasteiger charge is -2.15. The van der Waals surface area contributed by atoms with Gasteiger partial charge in [-0.3, -0.25) is 9.59 Å². The number of rotatable bonds is 5. The van der Waals surface area contributed by atoms with Crippen LogP contribution in [0.5, 0.6) is 0 Å². The van der Waals surface area contributed by atoms with Crippen molar-refractivity contribution in [3.8, 4) is 0 Å². The van der Waals surface area contributed by atoms with Crippen molar-refractivity contribution < 1.29 is 28.2 Å². The molecule has 0 saturated heterocycles. The van der Waals surface area contributed by atoms with Gasteiger partial charge in [0.15, 0.2) is 0 Å². The van der Waals surface area contributed by atoms with Crippen molar-refractivity contribution in [3.63, 3.8) is 0 Å². The minimum Gasteiger partial charge on any atom is -0.481 e. The molecule has 4 N–H and O–H groups in total. The van der Waals surface area contributed by atoms with E-state index in [1.807, 2.05) is 19.1 Å². The monoisotopic (exact) mass is 460 g/mol. The van der Waals surface area contributed by atoms with Crippen LogP contribution in [0.4, 0.5) is 0 Å². The molecule has 2 aromatic carbocycles. The molecule has 8 nitrogen and oxygen atoms in total. The number of carboxylic acids is 2. The van der Waals surface area contributed by atoms with E-state index in [4.69, 9.17) is 15.6 Å². The topological polar surface area (TPSA) is 140 Å². The standard InChI is InChI=1S/C21H24N2O4S.C2H4O2/c1-12-9-13(2)20(14(3)10-12)28(26,27)23-11-17(15(4)19(22)21(24)25)16-7-5-6-8-18(16)23;1-2(3)4/h5-11,15,19H,22H2,1-4H3,(H,24,25);1H3,(H,3,4). The molecule has 0 saturated carbocycles. The second kappa shape index (κ2) is 9.54. The maximum atomic E-state index is 13.6. The van der Waals surface area contributed by atoms with Gasteiger partial charge in [0.2, 0.25) is 0 Å². The van der Waals surface area contributed by atoms with Crippen LogP contribution >= 0.6 is 0 Å². The van der Waals surface area contributed by atoms with Gasteiger partial charge in [-0.1, -0.05) is 42.8 Å². The molecule has 3 rings (SSSR count). The largest absolute Gasteiger partial charge is 0.481 e. The molecule has 3 aromatic rings. The van der Waals surface area contributed by atoms with E-state index < -0.39 is 33.9 Å². The Kier molecular flexibility index (Phi) is 7.48. The van der Waals surface area contributed by atoms with Gasteiger partial charge in [-0.05, 0) is 43.5 Å². The van der Waals surface area contributed by atoms with Gasteiger partial charge >= 0.3 is 5.97 Å². The fraction of sp³-hybridized carbons (Fsp3) is 0.304. The Labute approximate surface area is 187 Å². The van der Waals surface area contributed by atoms with Gasteiger partial charge in [0, 0.05) is 24.4 Å². The van der Waals surface area contributed by atoms with Crippen LogP contribution < -0.4 is 5.73 Å². The number of benzene rings is 2. The van der Waals surface area contributed by atoms with Crippen molar-refractivity contribution in [3.05, 3.63) is 64.8 Å². The Morgan fingerprint density at radius 2 is 1.53 bits per heavy atom. The smallest absolute Gasteiger partial charge is 0.321 e. The molecule has 9 heteroatoms. The Hall–Kier alpha value is -3.17. The van der Waals surface area contributed by atoms with Crippen molar-refractivity contribution in [1.29, 1.82) is 0 Å². The van der Waals surface area contributed by atoms with E-state index in [0.29, 0.717) is 27.6 Å². The van der Waals surface area contributed by atoms with Gasteiger partial charge in [-0.25, -0.2) is 12.4 Å². The number of fused-ring (bicyclic) bond motifs is 1. The van der Waals surface area contributed by atoms with Gasteiger partial charge in [0.25, 0.3) is 16.0 Å². The summed E-state index contributed by atoms with van der Waals surface area (Å²) in [5.74, 6) is -2.52. The summed E-state index contributed by atoms with van der Waals surface area (Å²) in [6.45, 7) is 8.26. The maximum Gasteiger partial charge on any atom is 0.321 e. The first kappa shape index (κ1) is 25.1. The Bertz CT molecular complexity index is 1250. The molecule has 0 aliphatic rings. The zero-order valence-electron chi connectivity index (χ0n) is 18.7. The highest BCUT2D eigenvalue weighted by atomic mass is 32.2.